The summed E-state index contributed by atoms with van der Waals surface area (Å²) in [6.07, 6.45) is 13.8. The highest BCUT2D eigenvalue weighted by Crippen LogP contribution is 2.27. The van der Waals surface area contributed by atoms with Crippen LogP contribution >= 0.6 is 0 Å². The van der Waals surface area contributed by atoms with Crippen molar-refractivity contribution in [1.29, 1.82) is 0 Å². The highest BCUT2D eigenvalue weighted by Gasteiger charge is 2.00. The molecule has 160 valence electrons. The third-order valence-electron chi connectivity index (χ3n) is 4.02. The summed E-state index contributed by atoms with van der Waals surface area (Å²) >= 11 is 0. The molecule has 6 nitrogen and oxygen atoms in total. The van der Waals surface area contributed by atoms with Gasteiger partial charge in [-0.2, -0.15) is 0 Å². The van der Waals surface area contributed by atoms with E-state index in [9.17, 15) is 20.1 Å². The van der Waals surface area contributed by atoms with Crippen molar-refractivity contribution in [2.75, 3.05) is 14.2 Å². The highest BCUT2D eigenvalue weighted by molar-refractivity contribution is 5.99. The van der Waals surface area contributed by atoms with Crippen molar-refractivity contribution in [3.05, 3.63) is 95.8 Å². The third kappa shape index (κ3) is 7.62. The largest absolute Gasteiger partial charge is 0.508 e. The highest BCUT2D eigenvalue weighted by atomic mass is 16.5. The molecule has 2 aromatic carbocycles. The first-order chi connectivity index (χ1) is 14.9. The second-order valence-electron chi connectivity index (χ2n) is 6.27. The quantitative estimate of drug-likeness (QED) is 0.301. The lowest BCUT2D eigenvalue weighted by atomic mass is 10.2. The summed E-state index contributed by atoms with van der Waals surface area (Å²) in [5.41, 5.74) is 1.60. The lowest BCUT2D eigenvalue weighted by Crippen LogP contribution is -1.88. The van der Waals surface area contributed by atoms with Gasteiger partial charge in [-0.05, 0) is 47.5 Å². The number of phenolic OH excluding ortho intramolecular Hbond substituents is 2. The number of phenols is 2. The van der Waals surface area contributed by atoms with Crippen LogP contribution in [0.2, 0.25) is 0 Å². The summed E-state index contributed by atoms with van der Waals surface area (Å²) in [5.74, 6) is 0.277. The summed E-state index contributed by atoms with van der Waals surface area (Å²) in [6.45, 7) is 0. The third-order valence-corrected chi connectivity index (χ3v) is 4.02. The number of hydrogen-bond donors (Lipinski definition) is 3. The molecule has 2 aromatic rings. The molecular weight excluding hydrogens is 396 g/mol. The van der Waals surface area contributed by atoms with Crippen LogP contribution in [-0.4, -0.2) is 35.3 Å². The Kier molecular flexibility index (Phi) is 8.73. The lowest BCUT2D eigenvalue weighted by molar-refractivity contribution is -0.110. The Labute approximate surface area is 181 Å². The van der Waals surface area contributed by atoms with E-state index in [1.165, 1.54) is 38.5 Å². The fourth-order valence-electron chi connectivity index (χ4n) is 2.48. The van der Waals surface area contributed by atoms with Crippen molar-refractivity contribution in [3.8, 4) is 23.0 Å². The normalized spacial score (nSPS) is 12.4. The molecule has 0 aliphatic carbocycles. The number of rotatable bonds is 9. The standard InChI is InChI=1S/C25H24O6/c1-30-24-15-18(11-13-22(24)28)7-3-5-9-20(26)17-21(27)10-6-4-8-19-12-14-23(29)25(16-19)31-2/h3-17,26,28-29H,1-2H3/b7-3+,8-4+,9-5+,10-6+,20-17?. The van der Waals surface area contributed by atoms with Gasteiger partial charge in [-0.1, -0.05) is 48.6 Å². The number of carbonyl (C=O) groups is 1. The van der Waals surface area contributed by atoms with E-state index in [2.05, 4.69) is 0 Å². The van der Waals surface area contributed by atoms with E-state index in [0.717, 1.165) is 17.2 Å². The Morgan fingerprint density at radius 1 is 0.774 bits per heavy atom. The van der Waals surface area contributed by atoms with Gasteiger partial charge in [0.2, 0.25) is 0 Å². The van der Waals surface area contributed by atoms with Crippen LogP contribution in [0, 0.1) is 0 Å². The molecule has 0 aromatic heterocycles. The molecule has 0 aliphatic heterocycles. The molecule has 2 rings (SSSR count). The van der Waals surface area contributed by atoms with E-state index in [4.69, 9.17) is 9.47 Å². The van der Waals surface area contributed by atoms with Crippen LogP contribution in [0.4, 0.5) is 0 Å². The smallest absolute Gasteiger partial charge is 0.182 e. The summed E-state index contributed by atoms with van der Waals surface area (Å²) in [5, 5.41) is 29.0. The number of carbonyl (C=O) groups excluding carboxylic acids is 1. The molecule has 0 heterocycles. The van der Waals surface area contributed by atoms with Crippen LogP contribution in [0.3, 0.4) is 0 Å². The van der Waals surface area contributed by atoms with E-state index >= 15 is 0 Å². The molecule has 3 N–H and O–H groups in total. The van der Waals surface area contributed by atoms with Gasteiger partial charge in [-0.25, -0.2) is 0 Å². The molecule has 0 fully saturated rings. The Bertz CT molecular complexity index is 1060. The number of aromatic hydroxyl groups is 2. The minimum absolute atomic E-state index is 0.0525. The zero-order chi connectivity index (χ0) is 22.6. The first-order valence-electron chi connectivity index (χ1n) is 9.31. The summed E-state index contributed by atoms with van der Waals surface area (Å²) in [6, 6.07) is 9.81. The number of ketones is 1. The zero-order valence-corrected chi connectivity index (χ0v) is 17.2. The van der Waals surface area contributed by atoms with Crippen LogP contribution < -0.4 is 9.47 Å². The molecule has 0 unspecified atom stereocenters. The molecule has 0 saturated carbocycles. The first kappa shape index (κ1) is 23.1. The van der Waals surface area contributed by atoms with Crippen molar-refractivity contribution in [1.82, 2.24) is 0 Å². The number of allylic oxidation sites excluding steroid dienone is 7. The van der Waals surface area contributed by atoms with Crippen molar-refractivity contribution in [3.63, 3.8) is 0 Å². The average molecular weight is 420 g/mol. The number of methoxy groups -OCH3 is 2. The predicted molar refractivity (Wildman–Crippen MR) is 121 cm³/mol. The van der Waals surface area contributed by atoms with Gasteiger partial charge in [-0.3, -0.25) is 4.79 Å². The van der Waals surface area contributed by atoms with Crippen molar-refractivity contribution >= 4 is 17.9 Å². The van der Waals surface area contributed by atoms with E-state index < -0.39 is 0 Å². The maximum absolute atomic E-state index is 11.9. The molecule has 0 spiro atoms. The fourth-order valence-corrected chi connectivity index (χ4v) is 2.48. The molecule has 0 radical (unpaired) electrons. The SMILES string of the molecule is COc1cc(/C=C/C=C/C(=O)C=C(O)/C=C/C=C/c2ccc(O)c(OC)c2)ccc1O. The van der Waals surface area contributed by atoms with Gasteiger partial charge in [0.1, 0.15) is 5.76 Å². The zero-order valence-electron chi connectivity index (χ0n) is 17.2. The van der Waals surface area contributed by atoms with Gasteiger partial charge in [0.15, 0.2) is 28.8 Å². The van der Waals surface area contributed by atoms with Crippen LogP contribution in [0.25, 0.3) is 12.2 Å². The maximum Gasteiger partial charge on any atom is 0.182 e. The lowest BCUT2D eigenvalue weighted by Gasteiger charge is -2.03. The number of hydrogen-bond acceptors (Lipinski definition) is 6. The average Bonchev–Trinajstić information content (AvgIpc) is 2.76. The number of aliphatic hydroxyl groups excluding tert-OH is 1. The van der Waals surface area contributed by atoms with Crippen LogP contribution in [-0.2, 0) is 4.79 Å². The fraction of sp³-hybridized carbons (Fsp3) is 0.0800. The molecule has 0 saturated heterocycles. The van der Waals surface area contributed by atoms with Crippen LogP contribution in [0.15, 0.2) is 84.7 Å². The van der Waals surface area contributed by atoms with Crippen molar-refractivity contribution in [2.24, 2.45) is 0 Å². The van der Waals surface area contributed by atoms with Crippen LogP contribution in [0.5, 0.6) is 23.0 Å². The van der Waals surface area contributed by atoms with Gasteiger partial charge < -0.3 is 24.8 Å². The summed E-state index contributed by atoms with van der Waals surface area (Å²) in [7, 11) is 2.94. The molecule has 0 bridgehead atoms. The van der Waals surface area contributed by atoms with E-state index in [-0.39, 0.29) is 23.0 Å². The molecular formula is C25H24O6. The Morgan fingerprint density at radius 2 is 1.26 bits per heavy atom. The van der Waals surface area contributed by atoms with Gasteiger partial charge in [0.05, 0.1) is 14.2 Å². The molecule has 0 aliphatic rings. The molecule has 6 heteroatoms. The molecule has 0 atom stereocenters. The van der Waals surface area contributed by atoms with Crippen LogP contribution in [0.1, 0.15) is 11.1 Å². The Morgan fingerprint density at radius 3 is 1.74 bits per heavy atom. The summed E-state index contributed by atoms with van der Waals surface area (Å²) in [4.78, 5) is 11.9. The van der Waals surface area contributed by atoms with Gasteiger partial charge >= 0.3 is 0 Å². The Balaban J connectivity index is 1.90. The monoisotopic (exact) mass is 420 g/mol. The topological polar surface area (TPSA) is 96.2 Å². The predicted octanol–water partition coefficient (Wildman–Crippen LogP) is 4.97. The van der Waals surface area contributed by atoms with E-state index in [0.29, 0.717) is 11.5 Å². The maximum atomic E-state index is 11.9. The van der Waals surface area contributed by atoms with Gasteiger partial charge in [-0.15, -0.1) is 0 Å². The Hall–Kier alpha value is -4.19. The minimum Gasteiger partial charge on any atom is -0.508 e. The number of aliphatic hydroxyl groups is 1. The number of ether oxygens (including phenoxy) is 2. The number of benzene rings is 2. The van der Waals surface area contributed by atoms with Crippen molar-refractivity contribution in [2.45, 2.75) is 0 Å². The second kappa shape index (κ2) is 11.7. The van der Waals surface area contributed by atoms with E-state index in [1.807, 2.05) is 0 Å². The van der Waals surface area contributed by atoms with Gasteiger partial charge in [0, 0.05) is 6.08 Å². The summed E-state index contributed by atoms with van der Waals surface area (Å²) < 4.78 is 10.1. The van der Waals surface area contributed by atoms with Crippen molar-refractivity contribution < 1.29 is 29.6 Å². The minimum atomic E-state index is -0.373. The molecule has 31 heavy (non-hydrogen) atoms. The van der Waals surface area contributed by atoms with Gasteiger partial charge in [0.25, 0.3) is 0 Å². The second-order valence-corrected chi connectivity index (χ2v) is 6.27. The molecule has 0 amide bonds. The first-order valence-corrected chi connectivity index (χ1v) is 9.31. The van der Waals surface area contributed by atoms with E-state index in [1.54, 1.807) is 60.7 Å².